The number of fused-ring (bicyclic) bond motifs is 4. The lowest BCUT2D eigenvalue weighted by Crippen LogP contribution is -2.44. The number of thiophene rings is 1. The Morgan fingerprint density at radius 2 is 2.02 bits per heavy atom. The van der Waals surface area contributed by atoms with Gasteiger partial charge in [-0.1, -0.05) is 11.6 Å². The predicted octanol–water partition coefficient (Wildman–Crippen LogP) is 5.84. The lowest BCUT2D eigenvalue weighted by molar-refractivity contribution is 0.0636. The molecule has 5 heterocycles. The number of hydrogen-bond donors (Lipinski definition) is 2. The van der Waals surface area contributed by atoms with Gasteiger partial charge >= 0.3 is 6.09 Å². The third kappa shape index (κ3) is 5.55. The summed E-state index contributed by atoms with van der Waals surface area (Å²) in [6.45, 7) is 10.7. The van der Waals surface area contributed by atoms with Crippen LogP contribution in [0.1, 0.15) is 51.3 Å². The highest BCUT2D eigenvalue weighted by Crippen LogP contribution is 2.47. The van der Waals surface area contributed by atoms with Gasteiger partial charge in [0, 0.05) is 41.7 Å². The van der Waals surface area contributed by atoms with Gasteiger partial charge in [0.25, 0.3) is 0 Å². The van der Waals surface area contributed by atoms with Gasteiger partial charge in [0.05, 0.1) is 58.1 Å². The highest BCUT2D eigenvalue weighted by molar-refractivity contribution is 7.23. The summed E-state index contributed by atoms with van der Waals surface area (Å²) in [6, 6.07) is 2.28. The number of rotatable bonds is 5. The van der Waals surface area contributed by atoms with Crippen LogP contribution in [0.2, 0.25) is 5.02 Å². The second-order valence-corrected chi connectivity index (χ2v) is 14.0. The number of nitrogens with one attached hydrogen (secondary N) is 1. The molecule has 1 aromatic carbocycles. The number of aliphatic hydroxyl groups is 1. The molecule has 14 heteroatoms. The number of pyridine rings is 1. The zero-order valence-electron chi connectivity index (χ0n) is 25.7. The van der Waals surface area contributed by atoms with Gasteiger partial charge < -0.3 is 19.5 Å². The van der Waals surface area contributed by atoms with Crippen molar-refractivity contribution in [2.45, 2.75) is 71.6 Å². The van der Waals surface area contributed by atoms with Crippen LogP contribution in [0.3, 0.4) is 0 Å². The average Bonchev–Trinajstić information content (AvgIpc) is 3.70. The molecule has 0 spiro atoms. The molecule has 4 aromatic rings. The first kappa shape index (κ1) is 31.3. The van der Waals surface area contributed by atoms with Crippen LogP contribution in [-0.2, 0) is 22.7 Å². The highest BCUT2D eigenvalue weighted by Gasteiger charge is 2.37. The van der Waals surface area contributed by atoms with Gasteiger partial charge in [0.1, 0.15) is 16.7 Å². The first-order valence-electron chi connectivity index (χ1n) is 14.5. The first-order valence-corrected chi connectivity index (χ1v) is 15.7. The molecule has 1 saturated heterocycles. The molecule has 0 bridgehead atoms. The van der Waals surface area contributed by atoms with E-state index in [1.165, 1.54) is 0 Å². The van der Waals surface area contributed by atoms with Crippen molar-refractivity contribution >= 4 is 61.0 Å². The number of ether oxygens (including phenoxy) is 2. The summed E-state index contributed by atoms with van der Waals surface area (Å²) >= 11 is 8.08. The highest BCUT2D eigenvalue weighted by atomic mass is 35.5. The summed E-state index contributed by atoms with van der Waals surface area (Å²) in [6.07, 6.45) is 1.45. The number of likely N-dealkylation sites (N-methyl/N-ethyl adjacent to an activating group) is 1. The molecule has 0 aliphatic carbocycles. The lowest BCUT2D eigenvalue weighted by Gasteiger charge is -2.29. The predicted molar refractivity (Wildman–Crippen MR) is 171 cm³/mol. The van der Waals surface area contributed by atoms with Crippen LogP contribution in [0.4, 0.5) is 20.1 Å². The van der Waals surface area contributed by atoms with Crippen molar-refractivity contribution in [1.29, 1.82) is 5.26 Å². The van der Waals surface area contributed by atoms with Crippen molar-refractivity contribution in [2.24, 2.45) is 0 Å². The summed E-state index contributed by atoms with van der Waals surface area (Å²) in [5.41, 5.74) is 2.05. The molecule has 236 valence electrons. The Kier molecular flexibility index (Phi) is 8.07. The maximum Gasteiger partial charge on any atom is 0.412 e. The standard InChI is InChI=1S/C31H33ClFN7O4S/c1-14(2)39(6)20-10-40(11-21(20)41)29-36-8-16-17-12-43-13-18(17)22(24(32)25(16)37-29)26-23-15(7-34)28(38-30(42)44-31(3,4)5)45-27(23)19(33)9-35-26/h8-9,14,20-21,41H,10-13H2,1-6H3,(H,38,42)/t20-,21-/m0/s1. The maximum absolute atomic E-state index is 15.2. The lowest BCUT2D eigenvalue weighted by atomic mass is 9.94. The van der Waals surface area contributed by atoms with Crippen molar-refractivity contribution in [3.05, 3.63) is 39.9 Å². The summed E-state index contributed by atoms with van der Waals surface area (Å²) < 4.78 is 26.6. The minimum absolute atomic E-state index is 0.0430. The van der Waals surface area contributed by atoms with Crippen molar-refractivity contribution < 1.29 is 23.8 Å². The van der Waals surface area contributed by atoms with Gasteiger partial charge in [-0.05, 0) is 52.8 Å². The van der Waals surface area contributed by atoms with E-state index in [-0.39, 0.29) is 56.7 Å². The molecule has 3 aromatic heterocycles. The number of nitrogens with zero attached hydrogens (tertiary/aromatic N) is 6. The quantitative estimate of drug-likeness (QED) is 0.270. The van der Waals surface area contributed by atoms with Gasteiger partial charge in [-0.2, -0.15) is 5.26 Å². The number of halogens is 2. The van der Waals surface area contributed by atoms with Crippen molar-refractivity contribution in [3.63, 3.8) is 0 Å². The second-order valence-electron chi connectivity index (χ2n) is 12.6. The number of β-amino-alcohol motifs (C(OH)–C–C–N with tert-alkyl or cyclic N) is 1. The monoisotopic (exact) mass is 653 g/mol. The molecule has 45 heavy (non-hydrogen) atoms. The summed E-state index contributed by atoms with van der Waals surface area (Å²) in [4.78, 5) is 30.6. The molecule has 0 unspecified atom stereocenters. The molecule has 0 saturated carbocycles. The van der Waals surface area contributed by atoms with Crippen LogP contribution in [0.25, 0.3) is 32.2 Å². The van der Waals surface area contributed by atoms with E-state index in [0.29, 0.717) is 35.5 Å². The van der Waals surface area contributed by atoms with E-state index in [1.54, 1.807) is 27.0 Å². The zero-order valence-corrected chi connectivity index (χ0v) is 27.3. The van der Waals surface area contributed by atoms with Crippen LogP contribution in [0, 0.1) is 17.1 Å². The Balaban J connectivity index is 1.50. The first-order chi connectivity index (χ1) is 21.3. The van der Waals surface area contributed by atoms with E-state index in [0.717, 1.165) is 28.7 Å². The molecule has 1 fully saturated rings. The smallest absolute Gasteiger partial charge is 0.412 e. The van der Waals surface area contributed by atoms with E-state index in [4.69, 9.17) is 26.1 Å². The fraction of sp³-hybridized carbons (Fsp3) is 0.452. The van der Waals surface area contributed by atoms with E-state index >= 15 is 4.39 Å². The maximum atomic E-state index is 15.2. The normalized spacial score (nSPS) is 18.3. The molecule has 2 atom stereocenters. The average molecular weight is 654 g/mol. The Labute approximate surface area is 268 Å². The Hall–Kier alpha value is -3.67. The number of carbonyl (C=O) groups excluding carboxylic acids is 1. The van der Waals surface area contributed by atoms with Crippen molar-refractivity contribution in [2.75, 3.05) is 30.4 Å². The molecule has 2 aliphatic heterocycles. The van der Waals surface area contributed by atoms with Crippen LogP contribution in [0.15, 0.2) is 12.4 Å². The van der Waals surface area contributed by atoms with Crippen LogP contribution in [-0.4, -0.2) is 75.0 Å². The van der Waals surface area contributed by atoms with E-state index in [1.807, 2.05) is 11.9 Å². The summed E-state index contributed by atoms with van der Waals surface area (Å²) in [5, 5.41) is 25.0. The number of nitriles is 1. The Morgan fingerprint density at radius 3 is 2.71 bits per heavy atom. The summed E-state index contributed by atoms with van der Waals surface area (Å²) in [7, 11) is 1.99. The van der Waals surface area contributed by atoms with Gasteiger partial charge in [0.15, 0.2) is 5.82 Å². The van der Waals surface area contributed by atoms with Crippen molar-refractivity contribution in [3.8, 4) is 17.3 Å². The van der Waals surface area contributed by atoms with Gasteiger partial charge in [-0.15, -0.1) is 11.3 Å². The number of carbonyl (C=O) groups is 1. The number of benzene rings is 1. The van der Waals surface area contributed by atoms with Gasteiger partial charge in [0.2, 0.25) is 5.95 Å². The fourth-order valence-corrected chi connectivity index (χ4v) is 7.26. The van der Waals surface area contributed by atoms with Gasteiger partial charge in [-0.3, -0.25) is 15.2 Å². The van der Waals surface area contributed by atoms with Crippen LogP contribution >= 0.6 is 22.9 Å². The fourth-order valence-electron chi connectivity index (χ4n) is 5.87. The third-order valence-corrected chi connectivity index (χ3v) is 9.68. The van der Waals surface area contributed by atoms with E-state index in [2.05, 4.69) is 40.1 Å². The minimum atomic E-state index is -0.774. The molecular formula is C31H33ClFN7O4S. The molecule has 11 nitrogen and oxygen atoms in total. The number of aromatic nitrogens is 3. The molecular weight excluding hydrogens is 621 g/mol. The Morgan fingerprint density at radius 1 is 1.29 bits per heavy atom. The molecule has 0 radical (unpaired) electrons. The number of amides is 1. The molecule has 2 aliphatic rings. The zero-order chi connectivity index (χ0) is 32.4. The van der Waals surface area contributed by atoms with Crippen LogP contribution in [0.5, 0.6) is 0 Å². The number of aliphatic hydroxyl groups excluding tert-OH is 1. The van der Waals surface area contributed by atoms with Crippen LogP contribution < -0.4 is 10.2 Å². The molecule has 2 N–H and O–H groups in total. The number of anilines is 2. The molecule has 6 rings (SSSR count). The van der Waals surface area contributed by atoms with Gasteiger partial charge in [-0.25, -0.2) is 19.2 Å². The topological polar surface area (TPSA) is 137 Å². The third-order valence-electron chi connectivity index (χ3n) is 8.20. The van der Waals surface area contributed by atoms with Crippen molar-refractivity contribution in [1.82, 2.24) is 19.9 Å². The molecule has 1 amide bonds. The Bertz CT molecular complexity index is 1890. The largest absolute Gasteiger partial charge is 0.444 e. The van der Waals surface area contributed by atoms with E-state index in [9.17, 15) is 15.2 Å². The minimum Gasteiger partial charge on any atom is -0.444 e. The van der Waals surface area contributed by atoms with E-state index < -0.39 is 23.6 Å². The second kappa shape index (κ2) is 11.6. The summed E-state index contributed by atoms with van der Waals surface area (Å²) in [5.74, 6) is -0.224. The number of hydrogen-bond acceptors (Lipinski definition) is 11. The SMILES string of the molecule is CC(C)N(C)[C@H]1CN(c2ncc3c4c(c(-c5ncc(F)c6sc(NC(=O)OC(C)(C)C)c(C#N)c56)c(Cl)c3n2)COC4)C[C@@H]1O.